The van der Waals surface area contributed by atoms with E-state index in [9.17, 15) is 14.3 Å². The van der Waals surface area contributed by atoms with Gasteiger partial charge in [-0.1, -0.05) is 31.9 Å². The predicted molar refractivity (Wildman–Crippen MR) is 132 cm³/mol. The van der Waals surface area contributed by atoms with Crippen LogP contribution in [0.3, 0.4) is 0 Å². The molecule has 2 aromatic heterocycles. The van der Waals surface area contributed by atoms with Crippen LogP contribution in [-0.2, 0) is 11.3 Å². The van der Waals surface area contributed by atoms with Gasteiger partial charge in [-0.3, -0.25) is 0 Å². The van der Waals surface area contributed by atoms with E-state index >= 15 is 0 Å². The Hall–Kier alpha value is -3.24. The van der Waals surface area contributed by atoms with E-state index in [-0.39, 0.29) is 13.2 Å². The van der Waals surface area contributed by atoms with E-state index in [1.807, 2.05) is 12.1 Å². The summed E-state index contributed by atoms with van der Waals surface area (Å²) in [7, 11) is 0. The van der Waals surface area contributed by atoms with Crippen molar-refractivity contribution in [1.29, 1.82) is 0 Å². The van der Waals surface area contributed by atoms with Gasteiger partial charge in [-0.25, -0.2) is 19.2 Å². The topological polar surface area (TPSA) is 122 Å². The molecule has 0 atom stereocenters. The monoisotopic (exact) mass is 487 g/mol. The molecule has 0 aromatic carbocycles. The number of amides is 1. The minimum atomic E-state index is -0.841. The summed E-state index contributed by atoms with van der Waals surface area (Å²) in [6.07, 6.45) is 9.81. The fourth-order valence-corrected chi connectivity index (χ4v) is 4.42. The first-order chi connectivity index (χ1) is 16.4. The molecule has 1 aliphatic carbocycles. The number of aliphatic hydroxyl groups is 1. The number of hydrogen-bond donors (Lipinski definition) is 4. The van der Waals surface area contributed by atoms with Crippen molar-refractivity contribution < 1.29 is 19.0 Å². The maximum Gasteiger partial charge on any atom is 0.407 e. The minimum absolute atomic E-state index is 0.0230. The number of carbonyl (C=O) groups excluding carboxylic acids is 1. The summed E-state index contributed by atoms with van der Waals surface area (Å²) in [6, 6.07) is 5.44. The molecule has 3 rings (SSSR count). The Balaban J connectivity index is 1.53. The summed E-state index contributed by atoms with van der Waals surface area (Å²) in [4.78, 5) is 21.7. The molecular formula is C24H30FN5O3S. The van der Waals surface area contributed by atoms with Crippen LogP contribution >= 0.6 is 11.3 Å². The van der Waals surface area contributed by atoms with Gasteiger partial charge in [0, 0.05) is 18.4 Å². The molecule has 1 amide bonds. The highest BCUT2D eigenvalue weighted by atomic mass is 32.1. The van der Waals surface area contributed by atoms with Gasteiger partial charge in [-0.15, -0.1) is 11.3 Å². The van der Waals surface area contributed by atoms with E-state index < -0.39 is 18.4 Å². The van der Waals surface area contributed by atoms with Gasteiger partial charge < -0.3 is 26.2 Å². The van der Waals surface area contributed by atoms with Crippen molar-refractivity contribution in [3.8, 4) is 10.6 Å². The quantitative estimate of drug-likeness (QED) is 0.366. The first-order valence-electron chi connectivity index (χ1n) is 11.1. The van der Waals surface area contributed by atoms with Gasteiger partial charge in [-0.2, -0.15) is 0 Å². The van der Waals surface area contributed by atoms with Crippen LogP contribution in [0.4, 0.5) is 15.0 Å². The van der Waals surface area contributed by atoms with Crippen LogP contribution in [0.25, 0.3) is 10.6 Å². The number of halogens is 1. The summed E-state index contributed by atoms with van der Waals surface area (Å²) in [5.41, 5.74) is 6.01. The molecule has 0 aliphatic heterocycles. The molecule has 0 bridgehead atoms. The largest absolute Gasteiger partial charge is 0.442 e. The van der Waals surface area contributed by atoms with Crippen LogP contribution < -0.4 is 16.4 Å². The van der Waals surface area contributed by atoms with E-state index in [1.165, 1.54) is 23.6 Å². The van der Waals surface area contributed by atoms with Gasteiger partial charge in [-0.05, 0) is 48.9 Å². The number of hydrogen-bond acceptors (Lipinski definition) is 8. The molecule has 0 radical (unpaired) electrons. The second-order valence-electron chi connectivity index (χ2n) is 8.10. The smallest absolute Gasteiger partial charge is 0.407 e. The van der Waals surface area contributed by atoms with Gasteiger partial charge in [0.25, 0.3) is 0 Å². The van der Waals surface area contributed by atoms with Crippen molar-refractivity contribution in [2.45, 2.75) is 44.3 Å². The Morgan fingerprint density at radius 3 is 2.88 bits per heavy atom. The average Bonchev–Trinajstić information content (AvgIpc) is 3.31. The third kappa shape index (κ3) is 7.67. The maximum atomic E-state index is 13.0. The molecule has 2 heterocycles. The van der Waals surface area contributed by atoms with Gasteiger partial charge in [0.2, 0.25) is 0 Å². The van der Waals surface area contributed by atoms with E-state index in [2.05, 4.69) is 27.2 Å². The van der Waals surface area contributed by atoms with E-state index in [4.69, 9.17) is 10.5 Å². The molecule has 1 aliphatic rings. The molecule has 1 saturated carbocycles. The molecule has 182 valence electrons. The lowest BCUT2D eigenvalue weighted by molar-refractivity contribution is 0.00415. The van der Waals surface area contributed by atoms with E-state index in [1.54, 1.807) is 18.3 Å². The zero-order valence-electron chi connectivity index (χ0n) is 18.9. The number of nitrogens with two attached hydrogens (primary N) is 1. The first kappa shape index (κ1) is 25.4. The number of anilines is 1. The maximum absolute atomic E-state index is 13.0. The van der Waals surface area contributed by atoms with Gasteiger partial charge in [0.1, 0.15) is 24.1 Å². The van der Waals surface area contributed by atoms with Gasteiger partial charge in [0.15, 0.2) is 0 Å². The van der Waals surface area contributed by atoms with Crippen molar-refractivity contribution in [3.63, 3.8) is 0 Å². The molecule has 0 saturated heterocycles. The number of carbonyl (C=O) groups is 1. The summed E-state index contributed by atoms with van der Waals surface area (Å²) >= 11 is 1.36. The van der Waals surface area contributed by atoms with Crippen LogP contribution in [0.2, 0.25) is 0 Å². The number of rotatable bonds is 10. The van der Waals surface area contributed by atoms with Crippen LogP contribution in [0.15, 0.2) is 60.6 Å². The number of ether oxygens (including phenoxy) is 1. The molecular weight excluding hydrogens is 457 g/mol. The third-order valence-corrected chi connectivity index (χ3v) is 6.33. The molecule has 2 aromatic rings. The molecule has 8 nitrogen and oxygen atoms in total. The Labute approximate surface area is 202 Å². The highest BCUT2D eigenvalue weighted by Gasteiger charge is 2.29. The van der Waals surface area contributed by atoms with Crippen LogP contribution in [0.1, 0.15) is 37.1 Å². The lowest BCUT2D eigenvalue weighted by Gasteiger charge is -2.31. The van der Waals surface area contributed by atoms with Crippen molar-refractivity contribution in [2.24, 2.45) is 5.73 Å². The second kappa shape index (κ2) is 12.3. The number of nitrogens with one attached hydrogen (secondary N) is 2. The molecule has 34 heavy (non-hydrogen) atoms. The van der Waals surface area contributed by atoms with Gasteiger partial charge in [0.05, 0.1) is 16.2 Å². The van der Waals surface area contributed by atoms with Crippen molar-refractivity contribution in [3.05, 3.63) is 65.6 Å². The fraction of sp³-hybridized carbons (Fsp3) is 0.375. The van der Waals surface area contributed by atoms with Crippen LogP contribution in [0.5, 0.6) is 0 Å². The standard InChI is InChI=1S/C24H30FN5O3S/c1-17(12-18(13-25)8-11-26)29-21-7-5-6-19(30-21)20-14-27-22(34-20)15-33-23(31)28-16-24(32)9-3-2-4-10-24/h5-8,11-12,14,32H,1-4,9-10,13,15-16,26H2,(H,28,31)(H,29,30)/b11-8-,18-12+. The zero-order valence-corrected chi connectivity index (χ0v) is 19.7. The van der Waals surface area contributed by atoms with Gasteiger partial charge >= 0.3 is 6.09 Å². The summed E-state index contributed by atoms with van der Waals surface area (Å²) in [5.74, 6) is 0.542. The molecule has 0 spiro atoms. The molecule has 0 unspecified atom stereocenters. The Morgan fingerprint density at radius 1 is 1.35 bits per heavy atom. The number of thiazole rings is 1. The Kier molecular flexibility index (Phi) is 9.17. The highest BCUT2D eigenvalue weighted by molar-refractivity contribution is 7.15. The Bertz CT molecular complexity index is 1050. The lowest BCUT2D eigenvalue weighted by atomic mass is 9.85. The lowest BCUT2D eigenvalue weighted by Crippen LogP contribution is -2.44. The highest BCUT2D eigenvalue weighted by Crippen LogP contribution is 2.28. The molecule has 5 N–H and O–H groups in total. The normalized spacial score (nSPS) is 15.8. The SMILES string of the molecule is C=C(/C=C(\C=C/N)CF)Nc1cccc(-c2cnc(COC(=O)NCC3(O)CCCCC3)s2)n1. The Morgan fingerprint density at radius 2 is 2.15 bits per heavy atom. The average molecular weight is 488 g/mol. The fourth-order valence-electron chi connectivity index (χ4n) is 3.62. The number of pyridine rings is 1. The van der Waals surface area contributed by atoms with Crippen LogP contribution in [-0.4, -0.2) is 40.0 Å². The van der Waals surface area contributed by atoms with Crippen molar-refractivity contribution in [1.82, 2.24) is 15.3 Å². The van der Waals surface area contributed by atoms with Crippen molar-refractivity contribution >= 4 is 23.2 Å². The zero-order chi connectivity index (χ0) is 24.4. The number of allylic oxidation sites excluding steroid dienone is 3. The number of alkyl carbamates (subject to hydrolysis) is 1. The molecule has 1 fully saturated rings. The second-order valence-corrected chi connectivity index (χ2v) is 9.22. The summed E-state index contributed by atoms with van der Waals surface area (Å²) < 4.78 is 18.2. The molecule has 10 heteroatoms. The van der Waals surface area contributed by atoms with E-state index in [0.717, 1.165) is 24.1 Å². The predicted octanol–water partition coefficient (Wildman–Crippen LogP) is 4.42. The minimum Gasteiger partial charge on any atom is -0.442 e. The first-order valence-corrected chi connectivity index (χ1v) is 11.9. The summed E-state index contributed by atoms with van der Waals surface area (Å²) in [5, 5.41) is 16.8. The number of aromatic nitrogens is 2. The summed E-state index contributed by atoms with van der Waals surface area (Å²) in [6.45, 7) is 3.42. The van der Waals surface area contributed by atoms with E-state index in [0.29, 0.717) is 40.6 Å². The van der Waals surface area contributed by atoms with Crippen LogP contribution in [0, 0.1) is 0 Å². The number of alkyl halides is 1. The number of nitrogens with zero attached hydrogens (tertiary/aromatic N) is 2. The van der Waals surface area contributed by atoms with Crippen molar-refractivity contribution in [2.75, 3.05) is 18.5 Å². The third-order valence-electron chi connectivity index (χ3n) is 5.34.